The summed E-state index contributed by atoms with van der Waals surface area (Å²) in [6, 6.07) is 3.21. The Bertz CT molecular complexity index is 603. The second kappa shape index (κ2) is 5.14. The van der Waals surface area contributed by atoms with Crippen molar-refractivity contribution in [1.82, 2.24) is 9.62 Å². The van der Waals surface area contributed by atoms with E-state index in [0.29, 0.717) is 13.0 Å². The first-order valence-corrected chi connectivity index (χ1v) is 7.17. The molecule has 0 saturated carbocycles. The quantitative estimate of drug-likeness (QED) is 0.744. The molecule has 1 aliphatic rings. The van der Waals surface area contributed by atoms with Gasteiger partial charge in [-0.15, -0.1) is 0 Å². The third kappa shape index (κ3) is 2.85. The molecular formula is C11H14FN3O3S. The van der Waals surface area contributed by atoms with Crippen molar-refractivity contribution in [2.24, 2.45) is 0 Å². The van der Waals surface area contributed by atoms with Gasteiger partial charge in [-0.2, -0.15) is 4.31 Å². The number of halogens is 1. The molecule has 1 saturated heterocycles. The highest BCUT2D eigenvalue weighted by Crippen LogP contribution is 2.21. The van der Waals surface area contributed by atoms with Gasteiger partial charge in [0.15, 0.2) is 0 Å². The van der Waals surface area contributed by atoms with Crippen LogP contribution in [0.3, 0.4) is 0 Å². The van der Waals surface area contributed by atoms with Gasteiger partial charge < -0.3 is 11.1 Å². The van der Waals surface area contributed by atoms with Crippen LogP contribution in [0.2, 0.25) is 0 Å². The van der Waals surface area contributed by atoms with E-state index in [2.05, 4.69) is 5.32 Å². The van der Waals surface area contributed by atoms with Crippen molar-refractivity contribution in [3.63, 3.8) is 0 Å². The fourth-order valence-electron chi connectivity index (χ4n) is 1.81. The van der Waals surface area contributed by atoms with Crippen molar-refractivity contribution >= 4 is 21.6 Å². The van der Waals surface area contributed by atoms with Gasteiger partial charge in [-0.05, 0) is 24.6 Å². The number of anilines is 1. The summed E-state index contributed by atoms with van der Waals surface area (Å²) < 4.78 is 38.8. The van der Waals surface area contributed by atoms with E-state index in [1.807, 2.05) is 0 Å². The maximum Gasteiger partial charge on any atom is 0.243 e. The number of nitrogens with two attached hydrogens (primary N) is 1. The van der Waals surface area contributed by atoms with E-state index >= 15 is 0 Å². The van der Waals surface area contributed by atoms with Gasteiger partial charge in [-0.1, -0.05) is 0 Å². The number of amides is 1. The molecule has 19 heavy (non-hydrogen) atoms. The number of benzene rings is 1. The van der Waals surface area contributed by atoms with Crippen molar-refractivity contribution in [2.75, 3.05) is 25.4 Å². The molecule has 1 amide bonds. The molecule has 0 bridgehead atoms. The first kappa shape index (κ1) is 13.8. The van der Waals surface area contributed by atoms with E-state index in [1.165, 1.54) is 0 Å². The number of sulfonamides is 1. The average Bonchev–Trinajstić information content (AvgIpc) is 2.57. The van der Waals surface area contributed by atoms with Crippen LogP contribution in [0.1, 0.15) is 6.42 Å². The molecule has 0 aliphatic carbocycles. The highest BCUT2D eigenvalue weighted by molar-refractivity contribution is 7.89. The van der Waals surface area contributed by atoms with Crippen LogP contribution in [-0.4, -0.2) is 38.3 Å². The molecule has 1 aromatic rings. The molecular weight excluding hydrogens is 273 g/mol. The number of nitrogen functional groups attached to an aromatic ring is 1. The van der Waals surface area contributed by atoms with Gasteiger partial charge in [-0.3, -0.25) is 4.79 Å². The fourth-order valence-corrected chi connectivity index (χ4v) is 3.29. The Kier molecular flexibility index (Phi) is 3.72. The van der Waals surface area contributed by atoms with E-state index in [-0.39, 0.29) is 29.6 Å². The van der Waals surface area contributed by atoms with Gasteiger partial charge in [0.25, 0.3) is 0 Å². The summed E-state index contributed by atoms with van der Waals surface area (Å²) in [7, 11) is -3.83. The predicted molar refractivity (Wildman–Crippen MR) is 67.2 cm³/mol. The Labute approximate surface area is 110 Å². The summed E-state index contributed by atoms with van der Waals surface area (Å²) >= 11 is 0. The maximum atomic E-state index is 13.1. The first-order valence-electron chi connectivity index (χ1n) is 5.73. The molecule has 1 aromatic carbocycles. The molecule has 8 heteroatoms. The Morgan fingerprint density at radius 3 is 2.79 bits per heavy atom. The second-order valence-corrected chi connectivity index (χ2v) is 6.16. The van der Waals surface area contributed by atoms with E-state index < -0.39 is 15.8 Å². The molecule has 104 valence electrons. The van der Waals surface area contributed by atoms with Crippen molar-refractivity contribution in [3.8, 4) is 0 Å². The molecule has 0 aromatic heterocycles. The average molecular weight is 287 g/mol. The van der Waals surface area contributed by atoms with Crippen LogP contribution in [0.4, 0.5) is 10.1 Å². The lowest BCUT2D eigenvalue weighted by Gasteiger charge is -2.18. The standard InChI is InChI=1S/C11H14FN3O3S/c12-9-3-2-8(6-10(9)13)19(17,18)15-5-1-4-14-11(16)7-15/h2-3,6H,1,4-5,7,13H2,(H,14,16). The van der Waals surface area contributed by atoms with E-state index in [9.17, 15) is 17.6 Å². The zero-order chi connectivity index (χ0) is 14.0. The number of rotatable bonds is 2. The largest absolute Gasteiger partial charge is 0.396 e. The Balaban J connectivity index is 2.35. The summed E-state index contributed by atoms with van der Waals surface area (Å²) in [6.45, 7) is 0.439. The first-order chi connectivity index (χ1) is 8.91. The van der Waals surface area contributed by atoms with Gasteiger partial charge in [-0.25, -0.2) is 12.8 Å². The van der Waals surface area contributed by atoms with Crippen molar-refractivity contribution in [2.45, 2.75) is 11.3 Å². The Morgan fingerprint density at radius 2 is 2.11 bits per heavy atom. The lowest BCUT2D eigenvalue weighted by molar-refractivity contribution is -0.120. The summed E-state index contributed by atoms with van der Waals surface area (Å²) in [6.07, 6.45) is 0.529. The second-order valence-electron chi connectivity index (χ2n) is 4.23. The van der Waals surface area contributed by atoms with Crippen molar-refractivity contribution in [1.29, 1.82) is 0 Å². The smallest absolute Gasteiger partial charge is 0.243 e. The highest BCUT2D eigenvalue weighted by atomic mass is 32.2. The lowest BCUT2D eigenvalue weighted by Crippen LogP contribution is -2.37. The molecule has 0 unspecified atom stereocenters. The molecule has 2 rings (SSSR count). The van der Waals surface area contributed by atoms with Crippen LogP contribution < -0.4 is 11.1 Å². The van der Waals surface area contributed by atoms with E-state index in [4.69, 9.17) is 5.73 Å². The minimum atomic E-state index is -3.83. The molecule has 1 heterocycles. The third-order valence-electron chi connectivity index (χ3n) is 2.83. The van der Waals surface area contributed by atoms with E-state index in [0.717, 1.165) is 22.5 Å². The van der Waals surface area contributed by atoms with Gasteiger partial charge in [0.2, 0.25) is 15.9 Å². The zero-order valence-corrected chi connectivity index (χ0v) is 10.9. The highest BCUT2D eigenvalue weighted by Gasteiger charge is 2.28. The number of carbonyl (C=O) groups is 1. The molecule has 1 aliphatic heterocycles. The van der Waals surface area contributed by atoms with Gasteiger partial charge in [0, 0.05) is 13.1 Å². The molecule has 0 radical (unpaired) electrons. The molecule has 1 fully saturated rings. The molecule has 0 atom stereocenters. The van der Waals surface area contributed by atoms with Crippen LogP contribution in [0.25, 0.3) is 0 Å². The molecule has 3 N–H and O–H groups in total. The minimum Gasteiger partial charge on any atom is -0.396 e. The number of nitrogens with zero attached hydrogens (tertiary/aromatic N) is 1. The van der Waals surface area contributed by atoms with Crippen LogP contribution in [0, 0.1) is 5.82 Å². The maximum absolute atomic E-state index is 13.1. The summed E-state index contributed by atoms with van der Waals surface area (Å²) in [5.74, 6) is -1.02. The van der Waals surface area contributed by atoms with Crippen molar-refractivity contribution in [3.05, 3.63) is 24.0 Å². The normalized spacial score (nSPS) is 17.8. The van der Waals surface area contributed by atoms with Crippen LogP contribution >= 0.6 is 0 Å². The van der Waals surface area contributed by atoms with Gasteiger partial charge in [0.05, 0.1) is 17.1 Å². The van der Waals surface area contributed by atoms with Crippen LogP contribution in [0.15, 0.2) is 23.1 Å². The number of carbonyl (C=O) groups excluding carboxylic acids is 1. The zero-order valence-electron chi connectivity index (χ0n) is 10.1. The molecule has 6 nitrogen and oxygen atoms in total. The summed E-state index contributed by atoms with van der Waals surface area (Å²) in [5.41, 5.74) is 5.13. The number of hydrogen-bond acceptors (Lipinski definition) is 4. The van der Waals surface area contributed by atoms with E-state index in [1.54, 1.807) is 0 Å². The Morgan fingerprint density at radius 1 is 1.37 bits per heavy atom. The van der Waals surface area contributed by atoms with Gasteiger partial charge >= 0.3 is 0 Å². The predicted octanol–water partition coefficient (Wildman–Crippen LogP) is -0.0815. The Hall–Kier alpha value is -1.67. The fraction of sp³-hybridized carbons (Fsp3) is 0.364. The topological polar surface area (TPSA) is 92.5 Å². The monoisotopic (exact) mass is 287 g/mol. The van der Waals surface area contributed by atoms with Crippen molar-refractivity contribution < 1.29 is 17.6 Å². The third-order valence-corrected chi connectivity index (χ3v) is 4.67. The summed E-state index contributed by atoms with van der Waals surface area (Å²) in [5, 5.41) is 2.59. The molecule has 0 spiro atoms. The number of nitrogens with one attached hydrogen (secondary N) is 1. The number of hydrogen-bond donors (Lipinski definition) is 2. The summed E-state index contributed by atoms with van der Waals surface area (Å²) in [4.78, 5) is 11.3. The minimum absolute atomic E-state index is 0.110. The van der Waals surface area contributed by atoms with Gasteiger partial charge in [0.1, 0.15) is 5.82 Å². The SMILES string of the molecule is Nc1cc(S(=O)(=O)N2CCCNC(=O)C2)ccc1F. The lowest BCUT2D eigenvalue weighted by atomic mass is 10.3. The van der Waals surface area contributed by atoms with Crippen LogP contribution in [0.5, 0.6) is 0 Å². The van der Waals surface area contributed by atoms with Crippen LogP contribution in [-0.2, 0) is 14.8 Å².